The molecule has 4 aromatic rings. The maximum Gasteiger partial charge on any atom is 0.219 e. The maximum atomic E-state index is 11.6. The van der Waals surface area contributed by atoms with Crippen LogP contribution in [0.15, 0.2) is 82.0 Å². The van der Waals surface area contributed by atoms with Crippen molar-refractivity contribution >= 4 is 40.0 Å². The van der Waals surface area contributed by atoms with Gasteiger partial charge in [-0.25, -0.2) is 9.97 Å². The molecule has 1 saturated heterocycles. The second kappa shape index (κ2) is 11.5. The smallest absolute Gasteiger partial charge is 0.219 e. The Morgan fingerprint density at radius 1 is 1.16 bits per heavy atom. The second-order valence-electron chi connectivity index (χ2n) is 8.63. The first-order chi connectivity index (χ1) is 18.1. The molecule has 0 atom stereocenters. The monoisotopic (exact) mass is 527 g/mol. The molecule has 7 nitrogen and oxygen atoms in total. The molecule has 0 unspecified atom stereocenters. The third-order valence-electron chi connectivity index (χ3n) is 6.14. The summed E-state index contributed by atoms with van der Waals surface area (Å²) in [6.07, 6.45) is 3.60. The van der Waals surface area contributed by atoms with E-state index in [1.165, 1.54) is 23.1 Å². The highest BCUT2D eigenvalue weighted by Gasteiger charge is 2.24. The highest BCUT2D eigenvalue weighted by atomic mass is 32.2. The van der Waals surface area contributed by atoms with E-state index in [4.69, 9.17) is 9.72 Å². The molecule has 2 aromatic carbocycles. The van der Waals surface area contributed by atoms with Gasteiger partial charge in [0.05, 0.1) is 11.3 Å². The number of thiazole rings is 1. The van der Waals surface area contributed by atoms with Gasteiger partial charge in [-0.1, -0.05) is 42.1 Å². The SMILES string of the molecule is CC(=O)N1CCC(c2csc(Nc3ncc(Sc4ccccc4C#N)cc3Oc3ccccc3)n2)CC1. The number of nitriles is 1. The molecular weight excluding hydrogens is 502 g/mol. The zero-order valence-corrected chi connectivity index (χ0v) is 21.9. The highest BCUT2D eigenvalue weighted by Crippen LogP contribution is 2.38. The Bertz CT molecular complexity index is 1430. The highest BCUT2D eigenvalue weighted by molar-refractivity contribution is 7.99. The minimum Gasteiger partial charge on any atom is -0.453 e. The van der Waals surface area contributed by atoms with E-state index >= 15 is 0 Å². The third-order valence-corrected chi connectivity index (χ3v) is 7.95. The van der Waals surface area contributed by atoms with Gasteiger partial charge >= 0.3 is 0 Å². The summed E-state index contributed by atoms with van der Waals surface area (Å²) in [5.41, 5.74) is 1.66. The van der Waals surface area contributed by atoms with Crippen LogP contribution in [0.1, 0.15) is 36.9 Å². The molecule has 1 amide bonds. The Morgan fingerprint density at radius 2 is 1.92 bits per heavy atom. The van der Waals surface area contributed by atoms with Crippen molar-refractivity contribution in [3.8, 4) is 17.6 Å². The predicted octanol–water partition coefficient (Wildman–Crippen LogP) is 6.82. The van der Waals surface area contributed by atoms with Gasteiger partial charge in [0.15, 0.2) is 16.7 Å². The number of aromatic nitrogens is 2. The first-order valence-electron chi connectivity index (χ1n) is 12.0. The summed E-state index contributed by atoms with van der Waals surface area (Å²) in [6.45, 7) is 3.16. The van der Waals surface area contributed by atoms with Crippen LogP contribution in [-0.4, -0.2) is 33.9 Å². The van der Waals surface area contributed by atoms with Crippen LogP contribution in [0, 0.1) is 11.3 Å². The molecule has 0 aliphatic carbocycles. The van der Waals surface area contributed by atoms with Gasteiger partial charge in [0.2, 0.25) is 5.91 Å². The van der Waals surface area contributed by atoms with Crippen LogP contribution in [0.5, 0.6) is 11.5 Å². The Kier molecular flexibility index (Phi) is 7.68. The van der Waals surface area contributed by atoms with Gasteiger partial charge in [0, 0.05) is 53.4 Å². The average Bonchev–Trinajstić information content (AvgIpc) is 3.40. The molecule has 9 heteroatoms. The lowest BCUT2D eigenvalue weighted by Gasteiger charge is -2.30. The van der Waals surface area contributed by atoms with Crippen LogP contribution in [0.25, 0.3) is 0 Å². The van der Waals surface area contributed by atoms with Crippen molar-refractivity contribution < 1.29 is 9.53 Å². The summed E-state index contributed by atoms with van der Waals surface area (Å²) < 4.78 is 6.21. The van der Waals surface area contributed by atoms with Crippen molar-refractivity contribution in [3.63, 3.8) is 0 Å². The zero-order valence-electron chi connectivity index (χ0n) is 20.3. The predicted molar refractivity (Wildman–Crippen MR) is 146 cm³/mol. The number of likely N-dealkylation sites (tertiary alicyclic amines) is 1. The molecule has 186 valence electrons. The number of ether oxygens (including phenoxy) is 1. The number of nitrogens with zero attached hydrogens (tertiary/aromatic N) is 4. The lowest BCUT2D eigenvalue weighted by molar-refractivity contribution is -0.129. The van der Waals surface area contributed by atoms with Gasteiger partial charge in [-0.15, -0.1) is 11.3 Å². The molecule has 5 rings (SSSR count). The molecule has 1 N–H and O–H groups in total. The number of piperidine rings is 1. The van der Waals surface area contributed by atoms with E-state index in [0.29, 0.717) is 28.8 Å². The van der Waals surface area contributed by atoms with Crippen LogP contribution in [-0.2, 0) is 4.79 Å². The number of para-hydroxylation sites is 1. The normalized spacial score (nSPS) is 13.7. The van der Waals surface area contributed by atoms with Gasteiger partial charge in [-0.3, -0.25) is 4.79 Å². The third kappa shape index (κ3) is 6.10. The number of anilines is 2. The van der Waals surface area contributed by atoms with Crippen molar-refractivity contribution in [2.75, 3.05) is 18.4 Å². The minimum absolute atomic E-state index is 0.133. The number of hydrogen-bond acceptors (Lipinski definition) is 8. The van der Waals surface area contributed by atoms with Crippen LogP contribution >= 0.6 is 23.1 Å². The van der Waals surface area contributed by atoms with Crippen LogP contribution < -0.4 is 10.1 Å². The first kappa shape index (κ1) is 24.8. The fourth-order valence-corrected chi connectivity index (χ4v) is 5.85. The van der Waals surface area contributed by atoms with E-state index in [9.17, 15) is 10.1 Å². The summed E-state index contributed by atoms with van der Waals surface area (Å²) in [5, 5.41) is 15.6. The Balaban J connectivity index is 1.37. The molecule has 1 fully saturated rings. The summed E-state index contributed by atoms with van der Waals surface area (Å²) in [4.78, 5) is 24.7. The van der Waals surface area contributed by atoms with E-state index in [-0.39, 0.29) is 5.91 Å². The molecular formula is C28H25N5O2S2. The molecule has 0 saturated carbocycles. The maximum absolute atomic E-state index is 11.6. The quantitative estimate of drug-likeness (QED) is 0.282. The van der Waals surface area contributed by atoms with E-state index in [1.807, 2.05) is 59.5 Å². The van der Waals surface area contributed by atoms with Gasteiger partial charge in [-0.05, 0) is 37.1 Å². The minimum atomic E-state index is 0.133. The fraction of sp³-hybridized carbons (Fsp3) is 0.214. The largest absolute Gasteiger partial charge is 0.453 e. The Hall–Kier alpha value is -3.87. The lowest BCUT2D eigenvalue weighted by atomic mass is 9.94. The molecule has 1 aliphatic heterocycles. The number of carbonyl (C=O) groups excluding carboxylic acids is 1. The molecule has 3 heterocycles. The molecule has 37 heavy (non-hydrogen) atoms. The number of benzene rings is 2. The second-order valence-corrected chi connectivity index (χ2v) is 10.6. The summed E-state index contributed by atoms with van der Waals surface area (Å²) >= 11 is 3.00. The van der Waals surface area contributed by atoms with Gasteiger partial charge < -0.3 is 15.0 Å². The van der Waals surface area contributed by atoms with Crippen molar-refractivity contribution in [2.45, 2.75) is 35.5 Å². The lowest BCUT2D eigenvalue weighted by Crippen LogP contribution is -2.36. The fourth-order valence-electron chi connectivity index (χ4n) is 4.17. The molecule has 1 aliphatic rings. The summed E-state index contributed by atoms with van der Waals surface area (Å²) in [7, 11) is 0. The molecule has 0 bridgehead atoms. The van der Waals surface area contributed by atoms with Crippen molar-refractivity contribution in [1.82, 2.24) is 14.9 Å². The van der Waals surface area contributed by atoms with E-state index in [1.54, 1.807) is 19.2 Å². The van der Waals surface area contributed by atoms with Crippen LogP contribution in [0.3, 0.4) is 0 Å². The summed E-state index contributed by atoms with van der Waals surface area (Å²) in [5.74, 6) is 2.30. The zero-order chi connectivity index (χ0) is 25.6. The number of pyridine rings is 1. The van der Waals surface area contributed by atoms with Crippen molar-refractivity contribution in [2.24, 2.45) is 0 Å². The first-order valence-corrected chi connectivity index (χ1v) is 13.7. The standard InChI is InChI=1S/C28H25N5O2S2/c1-19(34)33-13-11-20(12-14-33)24-18-36-28(31-24)32-27-25(35-22-8-3-2-4-9-22)15-23(17-30-27)37-26-10-6-5-7-21(26)16-29/h2-10,15,17-18,20H,11-14H2,1H3,(H,30,31,32). The Labute approximate surface area is 224 Å². The van der Waals surface area contributed by atoms with Crippen molar-refractivity contribution in [3.05, 3.63) is 83.5 Å². The number of rotatable bonds is 7. The number of hydrogen-bond donors (Lipinski definition) is 1. The summed E-state index contributed by atoms with van der Waals surface area (Å²) in [6, 6.07) is 21.2. The van der Waals surface area contributed by atoms with Crippen LogP contribution in [0.4, 0.5) is 10.9 Å². The molecule has 2 aromatic heterocycles. The topological polar surface area (TPSA) is 91.1 Å². The molecule has 0 radical (unpaired) electrons. The average molecular weight is 528 g/mol. The Morgan fingerprint density at radius 3 is 2.68 bits per heavy atom. The number of nitrogens with one attached hydrogen (secondary N) is 1. The van der Waals surface area contributed by atoms with E-state index in [2.05, 4.69) is 21.8 Å². The van der Waals surface area contributed by atoms with Crippen LogP contribution in [0.2, 0.25) is 0 Å². The van der Waals surface area contributed by atoms with Crippen molar-refractivity contribution in [1.29, 1.82) is 5.26 Å². The van der Waals surface area contributed by atoms with E-state index in [0.717, 1.165) is 46.5 Å². The number of carbonyl (C=O) groups is 1. The van der Waals surface area contributed by atoms with Gasteiger partial charge in [-0.2, -0.15) is 5.26 Å². The van der Waals surface area contributed by atoms with Gasteiger partial charge in [0.1, 0.15) is 11.8 Å². The van der Waals surface area contributed by atoms with Gasteiger partial charge in [0.25, 0.3) is 0 Å². The molecule has 0 spiro atoms. The number of amides is 1. The van der Waals surface area contributed by atoms with E-state index < -0.39 is 0 Å².